The van der Waals surface area contributed by atoms with Gasteiger partial charge in [0.1, 0.15) is 11.5 Å². The van der Waals surface area contributed by atoms with Crippen molar-refractivity contribution in [3.05, 3.63) is 18.2 Å². The number of thiocarbonyl (C=S) groups is 1. The van der Waals surface area contributed by atoms with E-state index in [9.17, 15) is 0 Å². The summed E-state index contributed by atoms with van der Waals surface area (Å²) in [5, 5.41) is 7.71. The van der Waals surface area contributed by atoms with Crippen LogP contribution in [0.5, 0.6) is 11.5 Å². The standard InChI is InChI=1S/C19H26N2O2S/c1-22-15-3-4-17(23-2)16(8-15)20-18(24)21-19-9-12-5-13(10-19)7-14(6-12)11-19/h3-4,8,12-14H,5-7,9-11H2,1-2H3,(H2,20,21,24). The molecule has 0 aromatic heterocycles. The summed E-state index contributed by atoms with van der Waals surface area (Å²) in [4.78, 5) is 0. The van der Waals surface area contributed by atoms with Crippen molar-refractivity contribution in [2.75, 3.05) is 19.5 Å². The molecule has 5 heteroatoms. The molecule has 4 aliphatic carbocycles. The van der Waals surface area contributed by atoms with Gasteiger partial charge in [0.05, 0.1) is 19.9 Å². The fourth-order valence-corrected chi connectivity index (χ4v) is 5.90. The smallest absolute Gasteiger partial charge is 0.171 e. The average molecular weight is 346 g/mol. The van der Waals surface area contributed by atoms with E-state index < -0.39 is 0 Å². The first-order valence-electron chi connectivity index (χ1n) is 8.90. The van der Waals surface area contributed by atoms with Crippen LogP contribution >= 0.6 is 12.2 Å². The molecule has 1 aromatic carbocycles. The third kappa shape index (κ3) is 2.94. The Morgan fingerprint density at radius 1 is 1.04 bits per heavy atom. The number of ether oxygens (including phenoxy) is 2. The van der Waals surface area contributed by atoms with Crippen LogP contribution in [0.15, 0.2) is 18.2 Å². The SMILES string of the molecule is COc1ccc(OC)c(NC(=S)NC23CC4CC(CC(C4)C2)C3)c1. The molecule has 1 aromatic rings. The predicted octanol–water partition coefficient (Wildman–Crippen LogP) is 3.96. The number of hydrogen-bond donors (Lipinski definition) is 2. The minimum absolute atomic E-state index is 0.213. The maximum atomic E-state index is 5.64. The highest BCUT2D eigenvalue weighted by Gasteiger charge is 2.51. The third-order valence-corrected chi connectivity index (χ3v) is 6.28. The molecule has 0 aliphatic heterocycles. The van der Waals surface area contributed by atoms with E-state index in [1.54, 1.807) is 14.2 Å². The zero-order chi connectivity index (χ0) is 16.7. The van der Waals surface area contributed by atoms with Crippen molar-refractivity contribution in [1.29, 1.82) is 0 Å². The van der Waals surface area contributed by atoms with Gasteiger partial charge in [-0.3, -0.25) is 0 Å². The van der Waals surface area contributed by atoms with Gasteiger partial charge in [0, 0.05) is 11.6 Å². The minimum atomic E-state index is 0.213. The normalized spacial score (nSPS) is 33.2. The van der Waals surface area contributed by atoms with E-state index in [4.69, 9.17) is 21.7 Å². The molecular formula is C19H26N2O2S. The summed E-state index contributed by atoms with van der Waals surface area (Å²) in [6.07, 6.45) is 8.13. The van der Waals surface area contributed by atoms with Gasteiger partial charge >= 0.3 is 0 Å². The maximum Gasteiger partial charge on any atom is 0.171 e. The van der Waals surface area contributed by atoms with Gasteiger partial charge in [-0.25, -0.2) is 0 Å². The summed E-state index contributed by atoms with van der Waals surface area (Å²) in [6.45, 7) is 0. The second kappa shape index (κ2) is 6.10. The van der Waals surface area contributed by atoms with Gasteiger partial charge in [-0.15, -0.1) is 0 Å². The first-order chi connectivity index (χ1) is 11.6. The van der Waals surface area contributed by atoms with Crippen LogP contribution < -0.4 is 20.1 Å². The summed E-state index contributed by atoms with van der Waals surface area (Å²) in [5.41, 5.74) is 1.06. The first-order valence-corrected chi connectivity index (χ1v) is 9.31. The summed E-state index contributed by atoms with van der Waals surface area (Å²) in [7, 11) is 3.33. The Morgan fingerprint density at radius 2 is 1.67 bits per heavy atom. The van der Waals surface area contributed by atoms with Gasteiger partial charge in [-0.2, -0.15) is 0 Å². The number of benzene rings is 1. The van der Waals surface area contributed by atoms with E-state index >= 15 is 0 Å². The molecule has 24 heavy (non-hydrogen) atoms. The second-order valence-electron chi connectivity index (χ2n) is 7.84. The molecule has 0 spiro atoms. The second-order valence-corrected chi connectivity index (χ2v) is 8.25. The minimum Gasteiger partial charge on any atom is -0.497 e. The molecule has 0 atom stereocenters. The molecular weight excluding hydrogens is 320 g/mol. The van der Waals surface area contributed by atoms with Crippen molar-refractivity contribution in [2.45, 2.75) is 44.1 Å². The highest BCUT2D eigenvalue weighted by Crippen LogP contribution is 2.55. The number of rotatable bonds is 4. The van der Waals surface area contributed by atoms with E-state index in [0.717, 1.165) is 34.9 Å². The van der Waals surface area contributed by atoms with Crippen LogP contribution in [0.4, 0.5) is 5.69 Å². The summed E-state index contributed by atoms with van der Waals surface area (Å²) >= 11 is 5.64. The molecule has 4 bridgehead atoms. The summed E-state index contributed by atoms with van der Waals surface area (Å²) < 4.78 is 10.7. The Bertz CT molecular complexity index is 611. The molecule has 4 fully saturated rings. The van der Waals surface area contributed by atoms with Crippen molar-refractivity contribution in [3.8, 4) is 11.5 Å². The Balaban J connectivity index is 1.47. The molecule has 0 heterocycles. The lowest BCUT2D eigenvalue weighted by molar-refractivity contribution is -0.00972. The third-order valence-electron chi connectivity index (χ3n) is 6.07. The molecule has 4 saturated carbocycles. The Morgan fingerprint density at radius 3 is 2.21 bits per heavy atom. The molecule has 0 unspecified atom stereocenters. The number of anilines is 1. The van der Waals surface area contributed by atoms with E-state index in [-0.39, 0.29) is 5.54 Å². The predicted molar refractivity (Wildman–Crippen MR) is 99.8 cm³/mol. The van der Waals surface area contributed by atoms with Gasteiger partial charge in [0.25, 0.3) is 0 Å². The summed E-state index contributed by atoms with van der Waals surface area (Å²) in [5.74, 6) is 4.26. The van der Waals surface area contributed by atoms with Gasteiger partial charge < -0.3 is 20.1 Å². The molecule has 2 N–H and O–H groups in total. The van der Waals surface area contributed by atoms with Crippen LogP contribution in [0.1, 0.15) is 38.5 Å². The number of hydrogen-bond acceptors (Lipinski definition) is 3. The highest BCUT2D eigenvalue weighted by molar-refractivity contribution is 7.80. The highest BCUT2D eigenvalue weighted by atomic mass is 32.1. The zero-order valence-electron chi connectivity index (χ0n) is 14.4. The van der Waals surface area contributed by atoms with E-state index in [2.05, 4.69) is 10.6 Å². The van der Waals surface area contributed by atoms with Gasteiger partial charge in [-0.1, -0.05) is 0 Å². The van der Waals surface area contributed by atoms with Crippen molar-refractivity contribution >= 4 is 23.0 Å². The lowest BCUT2D eigenvalue weighted by atomic mass is 9.53. The van der Waals surface area contributed by atoms with Crippen molar-refractivity contribution in [1.82, 2.24) is 5.32 Å². The van der Waals surface area contributed by atoms with Crippen LogP contribution in [0, 0.1) is 17.8 Å². The molecule has 130 valence electrons. The molecule has 4 nitrogen and oxygen atoms in total. The largest absolute Gasteiger partial charge is 0.497 e. The Labute approximate surface area is 149 Å². The van der Waals surface area contributed by atoms with Crippen molar-refractivity contribution < 1.29 is 9.47 Å². The molecule has 0 amide bonds. The lowest BCUT2D eigenvalue weighted by Crippen LogP contribution is -2.60. The van der Waals surface area contributed by atoms with Gasteiger partial charge in [-0.05, 0) is 80.6 Å². The molecule has 0 radical (unpaired) electrons. The van der Waals surface area contributed by atoms with Crippen LogP contribution in [0.25, 0.3) is 0 Å². The zero-order valence-corrected chi connectivity index (χ0v) is 15.2. The first kappa shape index (κ1) is 16.0. The van der Waals surface area contributed by atoms with Crippen LogP contribution in [0.3, 0.4) is 0 Å². The maximum absolute atomic E-state index is 5.64. The average Bonchev–Trinajstić information content (AvgIpc) is 2.52. The quantitative estimate of drug-likeness (QED) is 0.808. The lowest BCUT2D eigenvalue weighted by Gasteiger charge is -2.57. The van der Waals surface area contributed by atoms with Crippen LogP contribution in [0.2, 0.25) is 0 Å². The van der Waals surface area contributed by atoms with E-state index in [1.165, 1.54) is 38.5 Å². The van der Waals surface area contributed by atoms with Gasteiger partial charge in [0.2, 0.25) is 0 Å². The van der Waals surface area contributed by atoms with Crippen molar-refractivity contribution in [3.63, 3.8) is 0 Å². The van der Waals surface area contributed by atoms with Gasteiger partial charge in [0.15, 0.2) is 5.11 Å². The van der Waals surface area contributed by atoms with E-state index in [1.807, 2.05) is 18.2 Å². The molecule has 5 rings (SSSR count). The Hall–Kier alpha value is -1.49. The van der Waals surface area contributed by atoms with Crippen LogP contribution in [-0.2, 0) is 0 Å². The summed E-state index contributed by atoms with van der Waals surface area (Å²) in [6, 6.07) is 5.71. The van der Waals surface area contributed by atoms with Crippen molar-refractivity contribution in [2.24, 2.45) is 17.8 Å². The Kier molecular flexibility index (Phi) is 4.07. The fourth-order valence-electron chi connectivity index (χ4n) is 5.57. The topological polar surface area (TPSA) is 42.5 Å². The number of methoxy groups -OCH3 is 2. The molecule has 4 aliphatic rings. The number of nitrogens with one attached hydrogen (secondary N) is 2. The fraction of sp³-hybridized carbons (Fsp3) is 0.632. The van der Waals surface area contributed by atoms with E-state index in [0.29, 0.717) is 5.11 Å². The molecule has 0 saturated heterocycles. The van der Waals surface area contributed by atoms with Crippen LogP contribution in [-0.4, -0.2) is 24.9 Å². The monoisotopic (exact) mass is 346 g/mol.